The Morgan fingerprint density at radius 2 is 1.93 bits per heavy atom. The van der Waals surface area contributed by atoms with Crippen LogP contribution in [0.4, 0.5) is 0 Å². The summed E-state index contributed by atoms with van der Waals surface area (Å²) in [6.45, 7) is 5.65. The highest BCUT2D eigenvalue weighted by molar-refractivity contribution is 5.75. The highest BCUT2D eigenvalue weighted by Crippen LogP contribution is 2.21. The first-order valence-corrected chi connectivity index (χ1v) is 4.77. The van der Waals surface area contributed by atoms with E-state index in [9.17, 15) is 14.7 Å². The third kappa shape index (κ3) is 4.84. The van der Waals surface area contributed by atoms with Crippen LogP contribution in [0.25, 0.3) is 0 Å². The number of carbonyl (C=O) groups is 2. The molecule has 0 amide bonds. The van der Waals surface area contributed by atoms with Gasteiger partial charge in [-0.2, -0.15) is 0 Å². The molecule has 0 aliphatic rings. The van der Waals surface area contributed by atoms with Gasteiger partial charge in [-0.1, -0.05) is 6.92 Å². The lowest BCUT2D eigenvalue weighted by Crippen LogP contribution is -2.27. The Bertz CT molecular complexity index is 208. The summed E-state index contributed by atoms with van der Waals surface area (Å²) in [4.78, 5) is 21.4. The zero-order valence-corrected chi connectivity index (χ0v) is 8.96. The molecular weight excluding hydrogens is 184 g/mol. The Balaban J connectivity index is 3.70. The first-order valence-electron chi connectivity index (χ1n) is 4.77. The van der Waals surface area contributed by atoms with Crippen LogP contribution in [0.3, 0.4) is 0 Å². The molecule has 0 aromatic heterocycles. The molecule has 0 fully saturated rings. The maximum atomic E-state index is 11.4. The van der Waals surface area contributed by atoms with Crippen molar-refractivity contribution in [1.29, 1.82) is 0 Å². The van der Waals surface area contributed by atoms with E-state index in [1.807, 2.05) is 6.92 Å². The topological polar surface area (TPSA) is 66.4 Å². The summed E-state index contributed by atoms with van der Waals surface area (Å²) < 4.78 is 4.92. The lowest BCUT2D eigenvalue weighted by molar-refractivity contribution is -0.305. The van der Waals surface area contributed by atoms with Gasteiger partial charge in [-0.25, -0.2) is 0 Å². The van der Waals surface area contributed by atoms with Crippen LogP contribution in [-0.2, 0) is 14.3 Å². The summed E-state index contributed by atoms with van der Waals surface area (Å²) >= 11 is 0. The number of aliphatic carboxylic acids is 1. The first kappa shape index (κ1) is 12.9. The molecule has 82 valence electrons. The third-order valence-electron chi connectivity index (χ3n) is 2.19. The molecule has 4 nitrogen and oxygen atoms in total. The molecule has 0 atom stereocenters. The largest absolute Gasteiger partial charge is 0.550 e. The Labute approximate surface area is 84.3 Å². The van der Waals surface area contributed by atoms with Crippen molar-refractivity contribution in [3.05, 3.63) is 0 Å². The van der Waals surface area contributed by atoms with Crippen molar-refractivity contribution >= 4 is 11.9 Å². The van der Waals surface area contributed by atoms with Crippen LogP contribution in [0.5, 0.6) is 0 Å². The molecule has 0 heterocycles. The van der Waals surface area contributed by atoms with Crippen molar-refractivity contribution in [3.8, 4) is 0 Å². The zero-order valence-electron chi connectivity index (χ0n) is 8.96. The second kappa shape index (κ2) is 5.62. The van der Waals surface area contributed by atoms with Gasteiger partial charge in [-0.15, -0.1) is 0 Å². The van der Waals surface area contributed by atoms with Crippen molar-refractivity contribution < 1.29 is 19.4 Å². The van der Waals surface area contributed by atoms with Crippen molar-refractivity contribution in [2.24, 2.45) is 5.41 Å². The monoisotopic (exact) mass is 201 g/mol. The molecule has 14 heavy (non-hydrogen) atoms. The number of rotatable bonds is 6. The van der Waals surface area contributed by atoms with E-state index in [4.69, 9.17) is 4.74 Å². The van der Waals surface area contributed by atoms with Crippen LogP contribution >= 0.6 is 0 Å². The van der Waals surface area contributed by atoms with E-state index >= 15 is 0 Å². The number of esters is 1. The molecule has 0 bridgehead atoms. The van der Waals surface area contributed by atoms with E-state index in [2.05, 4.69) is 0 Å². The summed E-state index contributed by atoms with van der Waals surface area (Å²) in [6.07, 6.45) is 0.944. The zero-order chi connectivity index (χ0) is 11.2. The summed E-state index contributed by atoms with van der Waals surface area (Å²) in [5.74, 6) is -1.39. The minimum Gasteiger partial charge on any atom is -0.550 e. The second-order valence-electron chi connectivity index (χ2n) is 3.85. The van der Waals surface area contributed by atoms with Gasteiger partial charge in [-0.3, -0.25) is 4.79 Å². The molecule has 0 radical (unpaired) electrons. The van der Waals surface area contributed by atoms with Gasteiger partial charge in [-0.05, 0) is 33.1 Å². The molecule has 0 aromatic carbocycles. The lowest BCUT2D eigenvalue weighted by Gasteiger charge is -2.20. The Morgan fingerprint density at radius 3 is 2.36 bits per heavy atom. The number of hydrogen-bond acceptors (Lipinski definition) is 4. The average molecular weight is 201 g/mol. The molecule has 0 aliphatic carbocycles. The number of carbonyl (C=O) groups excluding carboxylic acids is 2. The normalized spacial score (nSPS) is 11.1. The number of carboxylic acids is 1. The van der Waals surface area contributed by atoms with Gasteiger partial charge < -0.3 is 14.6 Å². The van der Waals surface area contributed by atoms with Crippen molar-refractivity contribution in [2.75, 3.05) is 6.61 Å². The van der Waals surface area contributed by atoms with Crippen LogP contribution in [0, 0.1) is 5.41 Å². The molecule has 0 saturated heterocycles. The molecule has 4 heteroatoms. The molecule has 0 unspecified atom stereocenters. The van der Waals surface area contributed by atoms with E-state index < -0.39 is 11.4 Å². The maximum Gasteiger partial charge on any atom is 0.311 e. The highest BCUT2D eigenvalue weighted by Gasteiger charge is 2.26. The maximum absolute atomic E-state index is 11.4. The minimum atomic E-state index is -1.11. The van der Waals surface area contributed by atoms with Crippen LogP contribution in [-0.4, -0.2) is 18.5 Å². The van der Waals surface area contributed by atoms with Crippen LogP contribution < -0.4 is 5.11 Å². The first-order chi connectivity index (χ1) is 6.40. The number of carboxylic acid groups (broad SMARTS) is 1. The van der Waals surface area contributed by atoms with Gasteiger partial charge >= 0.3 is 5.97 Å². The van der Waals surface area contributed by atoms with Crippen molar-refractivity contribution in [1.82, 2.24) is 0 Å². The smallest absolute Gasteiger partial charge is 0.311 e. The van der Waals surface area contributed by atoms with Gasteiger partial charge in [0.15, 0.2) is 0 Å². The van der Waals surface area contributed by atoms with Gasteiger partial charge in [0.2, 0.25) is 0 Å². The Hall–Kier alpha value is -1.06. The highest BCUT2D eigenvalue weighted by atomic mass is 16.5. The number of ether oxygens (including phenoxy) is 1. The number of hydrogen-bond donors (Lipinski definition) is 0. The summed E-state index contributed by atoms with van der Waals surface area (Å²) in [5.41, 5.74) is -0.485. The molecular formula is C10H17O4-. The van der Waals surface area contributed by atoms with Crippen LogP contribution in [0.1, 0.15) is 40.0 Å². The quantitative estimate of drug-likeness (QED) is 0.463. The third-order valence-corrected chi connectivity index (χ3v) is 2.19. The summed E-state index contributed by atoms with van der Waals surface area (Å²) in [7, 11) is 0. The molecule has 0 aromatic rings. The van der Waals surface area contributed by atoms with E-state index in [0.717, 1.165) is 0 Å². The standard InChI is InChI=1S/C10H18O4/c1-4-10(2,3)9(13)14-7-5-6-8(11)12/h4-7H2,1-3H3,(H,11,12)/p-1. The predicted octanol–water partition coefficient (Wildman–Crippen LogP) is 0.496. The lowest BCUT2D eigenvalue weighted by atomic mass is 9.91. The van der Waals surface area contributed by atoms with Gasteiger partial charge in [0.25, 0.3) is 0 Å². The van der Waals surface area contributed by atoms with Gasteiger partial charge in [0, 0.05) is 5.97 Å². The van der Waals surface area contributed by atoms with Gasteiger partial charge in [0.1, 0.15) is 0 Å². The molecule has 0 rings (SSSR count). The predicted molar refractivity (Wildman–Crippen MR) is 49.3 cm³/mol. The van der Waals surface area contributed by atoms with E-state index in [-0.39, 0.29) is 19.0 Å². The fourth-order valence-corrected chi connectivity index (χ4v) is 0.721. The van der Waals surface area contributed by atoms with Crippen molar-refractivity contribution in [3.63, 3.8) is 0 Å². The summed E-state index contributed by atoms with van der Waals surface area (Å²) in [6, 6.07) is 0. The van der Waals surface area contributed by atoms with Crippen LogP contribution in [0.2, 0.25) is 0 Å². The molecule has 0 aliphatic heterocycles. The van der Waals surface area contributed by atoms with Gasteiger partial charge in [0.05, 0.1) is 12.0 Å². The molecule has 0 spiro atoms. The Morgan fingerprint density at radius 1 is 1.36 bits per heavy atom. The fraction of sp³-hybridized carbons (Fsp3) is 0.800. The van der Waals surface area contributed by atoms with E-state index in [1.165, 1.54) is 0 Å². The minimum absolute atomic E-state index is 0.0696. The molecule has 0 saturated carbocycles. The Kier molecular flexibility index (Phi) is 5.20. The average Bonchev–Trinajstić information content (AvgIpc) is 2.11. The SMILES string of the molecule is CCC(C)(C)C(=O)OCCCC(=O)[O-]. The van der Waals surface area contributed by atoms with Crippen molar-refractivity contribution in [2.45, 2.75) is 40.0 Å². The summed E-state index contributed by atoms with van der Waals surface area (Å²) in [5, 5.41) is 10.0. The molecule has 0 N–H and O–H groups in total. The fourth-order valence-electron chi connectivity index (χ4n) is 0.721. The van der Waals surface area contributed by atoms with Crippen LogP contribution in [0.15, 0.2) is 0 Å². The van der Waals surface area contributed by atoms with E-state index in [1.54, 1.807) is 13.8 Å². The second-order valence-corrected chi connectivity index (χ2v) is 3.85. The van der Waals surface area contributed by atoms with E-state index in [0.29, 0.717) is 12.8 Å².